The van der Waals surface area contributed by atoms with E-state index in [0.29, 0.717) is 24.8 Å². The Bertz CT molecular complexity index is 714. The number of carbonyl (C=O) groups excluding carboxylic acids is 1. The average Bonchev–Trinajstić information content (AvgIpc) is 3.35. The van der Waals surface area contributed by atoms with Crippen LogP contribution in [0.4, 0.5) is 0 Å². The fourth-order valence-corrected chi connectivity index (χ4v) is 5.10. The molecule has 1 saturated carbocycles. The molecule has 0 bridgehead atoms. The van der Waals surface area contributed by atoms with Crippen LogP contribution in [-0.2, 0) is 19.4 Å². The van der Waals surface area contributed by atoms with Gasteiger partial charge in [-0.25, -0.2) is 0 Å². The van der Waals surface area contributed by atoms with Crippen LogP contribution in [0.3, 0.4) is 0 Å². The predicted octanol–water partition coefficient (Wildman–Crippen LogP) is 2.45. The van der Waals surface area contributed by atoms with Crippen LogP contribution in [0.2, 0.25) is 0 Å². The standard InChI is InChI=1S/C22H34N4O2/c1-2-12-26-19-9-8-17(23-16-22(28)10-4-3-5-11-22)15-18(19)20(24-26)21(27)25-13-6-7-14-25/h2,17,23,28H,1,3-16H2. The van der Waals surface area contributed by atoms with Gasteiger partial charge in [0.2, 0.25) is 0 Å². The molecule has 6 nitrogen and oxygen atoms in total. The molecular formula is C22H34N4O2. The molecule has 1 saturated heterocycles. The normalized spacial score (nSPS) is 24.2. The number of rotatable bonds is 6. The van der Waals surface area contributed by atoms with Gasteiger partial charge in [0.25, 0.3) is 5.91 Å². The lowest BCUT2D eigenvalue weighted by atomic mass is 9.84. The average molecular weight is 387 g/mol. The Balaban J connectivity index is 1.49. The second kappa shape index (κ2) is 8.37. The number of likely N-dealkylation sites (tertiary alicyclic amines) is 1. The maximum absolute atomic E-state index is 13.1. The number of amides is 1. The number of carbonyl (C=O) groups is 1. The van der Waals surface area contributed by atoms with E-state index in [1.807, 2.05) is 15.7 Å². The molecule has 3 aliphatic rings. The molecule has 2 aliphatic carbocycles. The molecule has 6 heteroatoms. The van der Waals surface area contributed by atoms with Crippen molar-refractivity contribution in [1.82, 2.24) is 20.0 Å². The summed E-state index contributed by atoms with van der Waals surface area (Å²) in [5.41, 5.74) is 2.39. The number of fused-ring (bicyclic) bond motifs is 1. The Kier molecular flexibility index (Phi) is 5.88. The molecule has 1 aromatic rings. The lowest BCUT2D eigenvalue weighted by Gasteiger charge is -2.35. The molecule has 2 fully saturated rings. The van der Waals surface area contributed by atoms with E-state index in [2.05, 4.69) is 11.9 Å². The molecule has 4 rings (SSSR count). The third-order valence-corrected chi connectivity index (χ3v) is 6.75. The molecule has 2 N–H and O–H groups in total. The second-order valence-electron chi connectivity index (χ2n) is 8.85. The summed E-state index contributed by atoms with van der Waals surface area (Å²) in [7, 11) is 0. The second-order valence-corrected chi connectivity index (χ2v) is 8.85. The number of aromatic nitrogens is 2. The lowest BCUT2D eigenvalue weighted by molar-refractivity contribution is 0.00227. The van der Waals surface area contributed by atoms with E-state index in [0.717, 1.165) is 76.4 Å². The van der Waals surface area contributed by atoms with Crippen molar-refractivity contribution in [2.75, 3.05) is 19.6 Å². The van der Waals surface area contributed by atoms with Gasteiger partial charge in [-0.1, -0.05) is 25.3 Å². The van der Waals surface area contributed by atoms with Crippen LogP contribution >= 0.6 is 0 Å². The van der Waals surface area contributed by atoms with Gasteiger partial charge in [0, 0.05) is 36.9 Å². The molecule has 1 aliphatic heterocycles. The van der Waals surface area contributed by atoms with E-state index in [1.165, 1.54) is 12.1 Å². The van der Waals surface area contributed by atoms with Gasteiger partial charge in [-0.05, 0) is 44.9 Å². The Hall–Kier alpha value is -1.66. The van der Waals surface area contributed by atoms with Gasteiger partial charge in [0.05, 0.1) is 12.1 Å². The number of allylic oxidation sites excluding steroid dienone is 1. The summed E-state index contributed by atoms with van der Waals surface area (Å²) in [4.78, 5) is 15.0. The molecule has 0 radical (unpaired) electrons. The summed E-state index contributed by atoms with van der Waals surface area (Å²) in [6, 6.07) is 0.296. The summed E-state index contributed by atoms with van der Waals surface area (Å²) in [5, 5.41) is 19.1. The van der Waals surface area contributed by atoms with Crippen LogP contribution in [-0.4, -0.2) is 57.0 Å². The van der Waals surface area contributed by atoms with Crippen LogP contribution in [0.5, 0.6) is 0 Å². The quantitative estimate of drug-likeness (QED) is 0.737. The fourth-order valence-electron chi connectivity index (χ4n) is 5.10. The summed E-state index contributed by atoms with van der Waals surface area (Å²) >= 11 is 0. The van der Waals surface area contributed by atoms with E-state index >= 15 is 0 Å². The number of hydrogen-bond donors (Lipinski definition) is 2. The zero-order chi connectivity index (χ0) is 19.6. The minimum atomic E-state index is -0.556. The molecule has 28 heavy (non-hydrogen) atoms. The van der Waals surface area contributed by atoms with E-state index in [4.69, 9.17) is 5.10 Å². The van der Waals surface area contributed by atoms with Crippen molar-refractivity contribution in [3.05, 3.63) is 29.6 Å². The van der Waals surface area contributed by atoms with Crippen LogP contribution < -0.4 is 5.32 Å². The molecule has 2 heterocycles. The third-order valence-electron chi connectivity index (χ3n) is 6.75. The molecule has 154 valence electrons. The first-order chi connectivity index (χ1) is 13.6. The van der Waals surface area contributed by atoms with E-state index in [-0.39, 0.29) is 5.91 Å². The van der Waals surface area contributed by atoms with Crippen LogP contribution in [0, 0.1) is 0 Å². The van der Waals surface area contributed by atoms with Crippen molar-refractivity contribution in [3.63, 3.8) is 0 Å². The Labute approximate surface area is 168 Å². The van der Waals surface area contributed by atoms with E-state index < -0.39 is 5.60 Å². The largest absolute Gasteiger partial charge is 0.389 e. The zero-order valence-electron chi connectivity index (χ0n) is 17.0. The monoisotopic (exact) mass is 386 g/mol. The molecule has 0 spiro atoms. The molecule has 1 amide bonds. The SMILES string of the molecule is C=CCn1nc(C(=O)N2CCCC2)c2c1CCC(NCC1(O)CCCCC1)C2. The maximum atomic E-state index is 13.1. The van der Waals surface area contributed by atoms with Crippen LogP contribution in [0.1, 0.15) is 73.1 Å². The maximum Gasteiger partial charge on any atom is 0.274 e. The number of nitrogens with zero attached hydrogens (tertiary/aromatic N) is 3. The first kappa shape index (κ1) is 19.6. The number of aliphatic hydroxyl groups is 1. The van der Waals surface area contributed by atoms with Gasteiger partial charge in [-0.2, -0.15) is 5.10 Å². The zero-order valence-corrected chi connectivity index (χ0v) is 17.0. The minimum Gasteiger partial charge on any atom is -0.389 e. The highest BCUT2D eigenvalue weighted by atomic mass is 16.3. The summed E-state index contributed by atoms with van der Waals surface area (Å²) in [6.45, 7) is 6.83. The summed E-state index contributed by atoms with van der Waals surface area (Å²) in [5.74, 6) is 0.0862. The van der Waals surface area contributed by atoms with Gasteiger partial charge < -0.3 is 15.3 Å². The highest BCUT2D eigenvalue weighted by molar-refractivity contribution is 5.94. The molecule has 1 unspecified atom stereocenters. The van der Waals surface area contributed by atoms with Crippen molar-refractivity contribution in [2.45, 2.75) is 82.4 Å². The van der Waals surface area contributed by atoms with Crippen LogP contribution in [0.15, 0.2) is 12.7 Å². The Morgan fingerprint density at radius 2 is 2.00 bits per heavy atom. The minimum absolute atomic E-state index is 0.0862. The number of nitrogens with one attached hydrogen (secondary N) is 1. The van der Waals surface area contributed by atoms with Crippen molar-refractivity contribution in [2.24, 2.45) is 0 Å². The van der Waals surface area contributed by atoms with Gasteiger partial charge in [0.15, 0.2) is 5.69 Å². The first-order valence-corrected chi connectivity index (χ1v) is 11.0. The highest BCUT2D eigenvalue weighted by Crippen LogP contribution is 2.30. The summed E-state index contributed by atoms with van der Waals surface area (Å²) < 4.78 is 1.97. The highest BCUT2D eigenvalue weighted by Gasteiger charge is 2.34. The van der Waals surface area contributed by atoms with Crippen molar-refractivity contribution < 1.29 is 9.90 Å². The van der Waals surface area contributed by atoms with Crippen molar-refractivity contribution in [3.8, 4) is 0 Å². The molecule has 1 atom stereocenters. The van der Waals surface area contributed by atoms with Gasteiger partial charge in [-0.3, -0.25) is 9.48 Å². The number of hydrogen-bond acceptors (Lipinski definition) is 4. The van der Waals surface area contributed by atoms with Gasteiger partial charge in [-0.15, -0.1) is 6.58 Å². The fraction of sp³-hybridized carbons (Fsp3) is 0.727. The Morgan fingerprint density at radius 3 is 2.71 bits per heavy atom. The van der Waals surface area contributed by atoms with E-state index in [1.54, 1.807) is 0 Å². The Morgan fingerprint density at radius 1 is 1.25 bits per heavy atom. The van der Waals surface area contributed by atoms with Crippen LogP contribution in [0.25, 0.3) is 0 Å². The van der Waals surface area contributed by atoms with Crippen molar-refractivity contribution >= 4 is 5.91 Å². The smallest absolute Gasteiger partial charge is 0.274 e. The third kappa shape index (κ3) is 4.03. The van der Waals surface area contributed by atoms with Crippen molar-refractivity contribution in [1.29, 1.82) is 0 Å². The predicted molar refractivity (Wildman–Crippen MR) is 109 cm³/mol. The van der Waals surface area contributed by atoms with Gasteiger partial charge in [0.1, 0.15) is 0 Å². The molecule has 1 aromatic heterocycles. The molecule has 0 aromatic carbocycles. The van der Waals surface area contributed by atoms with E-state index in [9.17, 15) is 9.90 Å². The first-order valence-electron chi connectivity index (χ1n) is 11.0. The van der Waals surface area contributed by atoms with Gasteiger partial charge >= 0.3 is 0 Å². The molecular weight excluding hydrogens is 352 g/mol. The summed E-state index contributed by atoms with van der Waals surface area (Å²) in [6.07, 6.45) is 12.0. The topological polar surface area (TPSA) is 70.4 Å². The lowest BCUT2D eigenvalue weighted by Crippen LogP contribution is -2.47.